The maximum Gasteiger partial charge on any atom is 0.196 e. The van der Waals surface area contributed by atoms with Crippen molar-refractivity contribution in [1.82, 2.24) is 4.98 Å². The first-order valence-corrected chi connectivity index (χ1v) is 5.79. The molecule has 1 aromatic heterocycles. The van der Waals surface area contributed by atoms with E-state index in [0.29, 0.717) is 18.8 Å². The minimum Gasteiger partial charge on any atom is -0.370 e. The number of fused-ring (bicyclic) bond motifs is 1. The summed E-state index contributed by atoms with van der Waals surface area (Å²) in [5, 5.41) is 3.25. The molecule has 18 heavy (non-hydrogen) atoms. The van der Waals surface area contributed by atoms with E-state index in [1.807, 2.05) is 13.8 Å². The lowest BCUT2D eigenvalue weighted by Gasteiger charge is -2.11. The van der Waals surface area contributed by atoms with E-state index in [9.17, 15) is 13.2 Å². The standard InChI is InChI=1S/C13H13F3N2/c1-3-7-5-8-6-9(14)10(15)11(16)12(8)18-13(7)17-4-2/h5-6H,3-4H2,1-2H3,(H,17,18). The van der Waals surface area contributed by atoms with E-state index in [-0.39, 0.29) is 10.9 Å². The average molecular weight is 254 g/mol. The molecule has 1 N–H and O–H groups in total. The molecule has 0 spiro atoms. The van der Waals surface area contributed by atoms with E-state index in [1.54, 1.807) is 6.07 Å². The van der Waals surface area contributed by atoms with Gasteiger partial charge in [-0.15, -0.1) is 0 Å². The number of rotatable bonds is 3. The number of nitrogens with zero attached hydrogens (tertiary/aromatic N) is 1. The van der Waals surface area contributed by atoms with E-state index >= 15 is 0 Å². The average Bonchev–Trinajstić information content (AvgIpc) is 2.37. The fourth-order valence-electron chi connectivity index (χ4n) is 1.86. The second kappa shape index (κ2) is 4.84. The van der Waals surface area contributed by atoms with Gasteiger partial charge in [-0.1, -0.05) is 6.92 Å². The zero-order valence-electron chi connectivity index (χ0n) is 10.2. The molecule has 5 heteroatoms. The molecule has 2 rings (SSSR count). The van der Waals surface area contributed by atoms with E-state index < -0.39 is 17.5 Å². The second-order valence-electron chi connectivity index (χ2n) is 3.94. The smallest absolute Gasteiger partial charge is 0.196 e. The van der Waals surface area contributed by atoms with Crippen LogP contribution >= 0.6 is 0 Å². The first-order chi connectivity index (χ1) is 8.58. The lowest BCUT2D eigenvalue weighted by atomic mass is 10.1. The van der Waals surface area contributed by atoms with Gasteiger partial charge in [-0.05, 0) is 31.0 Å². The number of benzene rings is 1. The Kier molecular flexibility index (Phi) is 3.41. The monoisotopic (exact) mass is 254 g/mol. The summed E-state index contributed by atoms with van der Waals surface area (Å²) in [6.45, 7) is 4.42. The summed E-state index contributed by atoms with van der Waals surface area (Å²) in [6.07, 6.45) is 0.673. The van der Waals surface area contributed by atoms with Crippen molar-refractivity contribution in [1.29, 1.82) is 0 Å². The number of aryl methyl sites for hydroxylation is 1. The molecule has 0 amide bonds. The molecule has 0 saturated heterocycles. The van der Waals surface area contributed by atoms with Gasteiger partial charge in [-0.25, -0.2) is 18.2 Å². The quantitative estimate of drug-likeness (QED) is 0.846. The summed E-state index contributed by atoms with van der Waals surface area (Å²) in [5.74, 6) is -3.41. The van der Waals surface area contributed by atoms with Gasteiger partial charge in [0, 0.05) is 11.9 Å². The highest BCUT2D eigenvalue weighted by Crippen LogP contribution is 2.26. The minimum atomic E-state index is -1.48. The number of hydrogen-bond acceptors (Lipinski definition) is 2. The van der Waals surface area contributed by atoms with Crippen LogP contribution in [0, 0.1) is 17.5 Å². The molecule has 1 aromatic carbocycles. The van der Waals surface area contributed by atoms with Gasteiger partial charge >= 0.3 is 0 Å². The summed E-state index contributed by atoms with van der Waals surface area (Å²) >= 11 is 0. The van der Waals surface area contributed by atoms with Gasteiger partial charge in [0.15, 0.2) is 17.5 Å². The Morgan fingerprint density at radius 2 is 1.83 bits per heavy atom. The molecule has 2 nitrogen and oxygen atoms in total. The zero-order valence-corrected chi connectivity index (χ0v) is 10.2. The Morgan fingerprint density at radius 3 is 2.44 bits per heavy atom. The van der Waals surface area contributed by atoms with E-state index in [2.05, 4.69) is 10.3 Å². The summed E-state index contributed by atoms with van der Waals surface area (Å²) in [4.78, 5) is 4.04. The molecule has 0 unspecified atom stereocenters. The number of aromatic nitrogens is 1. The number of anilines is 1. The molecular weight excluding hydrogens is 241 g/mol. The van der Waals surface area contributed by atoms with Crippen molar-refractivity contribution in [3.8, 4) is 0 Å². The predicted molar refractivity (Wildman–Crippen MR) is 65.2 cm³/mol. The van der Waals surface area contributed by atoms with Crippen molar-refractivity contribution in [3.05, 3.63) is 35.1 Å². The maximum absolute atomic E-state index is 13.6. The van der Waals surface area contributed by atoms with Crippen molar-refractivity contribution in [2.24, 2.45) is 0 Å². The highest BCUT2D eigenvalue weighted by atomic mass is 19.2. The van der Waals surface area contributed by atoms with Crippen LogP contribution in [0.15, 0.2) is 12.1 Å². The number of hydrogen-bond donors (Lipinski definition) is 1. The molecule has 96 valence electrons. The lowest BCUT2D eigenvalue weighted by Crippen LogP contribution is -2.05. The van der Waals surface area contributed by atoms with Crippen LogP contribution in [0.2, 0.25) is 0 Å². The molecular formula is C13H13F3N2. The third-order valence-corrected chi connectivity index (χ3v) is 2.75. The Morgan fingerprint density at radius 1 is 1.11 bits per heavy atom. The van der Waals surface area contributed by atoms with Gasteiger partial charge in [0.25, 0.3) is 0 Å². The maximum atomic E-state index is 13.6. The summed E-state index contributed by atoms with van der Waals surface area (Å²) in [5.41, 5.74) is 0.691. The third-order valence-electron chi connectivity index (χ3n) is 2.75. The molecule has 0 fully saturated rings. The van der Waals surface area contributed by atoms with Gasteiger partial charge in [0.1, 0.15) is 11.3 Å². The molecule has 2 aromatic rings. The molecule has 0 atom stereocenters. The summed E-state index contributed by atoms with van der Waals surface area (Å²) < 4.78 is 39.9. The highest BCUT2D eigenvalue weighted by Gasteiger charge is 2.16. The zero-order chi connectivity index (χ0) is 13.3. The largest absolute Gasteiger partial charge is 0.370 e. The first kappa shape index (κ1) is 12.7. The Bertz CT molecular complexity index is 597. The molecule has 0 bridgehead atoms. The lowest BCUT2D eigenvalue weighted by molar-refractivity contribution is 0.452. The Balaban J connectivity index is 2.75. The van der Waals surface area contributed by atoms with E-state index in [4.69, 9.17) is 0 Å². The number of pyridine rings is 1. The van der Waals surface area contributed by atoms with E-state index in [0.717, 1.165) is 11.6 Å². The van der Waals surface area contributed by atoms with Crippen LogP contribution in [0.3, 0.4) is 0 Å². The van der Waals surface area contributed by atoms with Gasteiger partial charge in [0.05, 0.1) is 0 Å². The summed E-state index contributed by atoms with van der Waals surface area (Å²) in [6, 6.07) is 2.60. The van der Waals surface area contributed by atoms with Crippen molar-refractivity contribution in [3.63, 3.8) is 0 Å². The Hall–Kier alpha value is -1.78. The minimum absolute atomic E-state index is 0.151. The first-order valence-electron chi connectivity index (χ1n) is 5.79. The molecule has 0 aliphatic rings. The fourth-order valence-corrected chi connectivity index (χ4v) is 1.86. The van der Waals surface area contributed by atoms with Crippen molar-refractivity contribution in [2.45, 2.75) is 20.3 Å². The van der Waals surface area contributed by atoms with Crippen LogP contribution < -0.4 is 5.32 Å². The van der Waals surface area contributed by atoms with Gasteiger partial charge in [-0.3, -0.25) is 0 Å². The number of nitrogens with one attached hydrogen (secondary N) is 1. The normalized spacial score (nSPS) is 10.9. The van der Waals surface area contributed by atoms with Gasteiger partial charge < -0.3 is 5.32 Å². The van der Waals surface area contributed by atoms with Crippen LogP contribution in [-0.2, 0) is 6.42 Å². The van der Waals surface area contributed by atoms with Crippen molar-refractivity contribution >= 4 is 16.7 Å². The molecule has 0 radical (unpaired) electrons. The van der Waals surface area contributed by atoms with Crippen LogP contribution in [0.4, 0.5) is 19.0 Å². The fraction of sp³-hybridized carbons (Fsp3) is 0.308. The van der Waals surface area contributed by atoms with Crippen LogP contribution in [0.1, 0.15) is 19.4 Å². The third kappa shape index (κ3) is 2.00. The molecule has 0 aliphatic carbocycles. The second-order valence-corrected chi connectivity index (χ2v) is 3.94. The topological polar surface area (TPSA) is 24.9 Å². The van der Waals surface area contributed by atoms with E-state index in [1.165, 1.54) is 0 Å². The predicted octanol–water partition coefficient (Wildman–Crippen LogP) is 3.65. The SMILES string of the molecule is CCNc1nc2c(F)c(F)c(F)cc2cc1CC. The van der Waals surface area contributed by atoms with Crippen LogP contribution in [0.25, 0.3) is 10.9 Å². The number of halogens is 3. The molecule has 1 heterocycles. The van der Waals surface area contributed by atoms with Crippen LogP contribution in [-0.4, -0.2) is 11.5 Å². The van der Waals surface area contributed by atoms with Crippen molar-refractivity contribution < 1.29 is 13.2 Å². The van der Waals surface area contributed by atoms with Gasteiger partial charge in [0.2, 0.25) is 0 Å². The summed E-state index contributed by atoms with van der Waals surface area (Å²) in [7, 11) is 0. The highest BCUT2D eigenvalue weighted by molar-refractivity contribution is 5.82. The van der Waals surface area contributed by atoms with Crippen molar-refractivity contribution in [2.75, 3.05) is 11.9 Å². The molecule has 0 saturated carbocycles. The van der Waals surface area contributed by atoms with Crippen LogP contribution in [0.5, 0.6) is 0 Å². The molecule has 0 aliphatic heterocycles. The Labute approximate surface area is 103 Å². The van der Waals surface area contributed by atoms with Gasteiger partial charge in [-0.2, -0.15) is 0 Å².